The molecule has 0 unspecified atom stereocenters. The van der Waals surface area contributed by atoms with Gasteiger partial charge in [0.15, 0.2) is 0 Å². The largest absolute Gasteiger partial charge is 0.369 e. The molecule has 1 aromatic heterocycles. The van der Waals surface area contributed by atoms with Gasteiger partial charge in [-0.05, 0) is 23.3 Å². The van der Waals surface area contributed by atoms with E-state index in [0.29, 0.717) is 0 Å². The molecule has 1 fully saturated rings. The summed E-state index contributed by atoms with van der Waals surface area (Å²) in [7, 11) is 0. The molecule has 0 N–H and O–H groups in total. The van der Waals surface area contributed by atoms with E-state index < -0.39 is 0 Å². The molecule has 0 bridgehead atoms. The Bertz CT molecular complexity index is 826. The zero-order chi connectivity index (χ0) is 16.4. The molecule has 4 nitrogen and oxygen atoms in total. The summed E-state index contributed by atoms with van der Waals surface area (Å²) in [4.78, 5) is 11.3. The maximum Gasteiger partial charge on any atom is 0.114 e. The molecule has 3 aromatic rings. The van der Waals surface area contributed by atoms with Gasteiger partial charge in [-0.1, -0.05) is 42.5 Å². The van der Waals surface area contributed by atoms with Gasteiger partial charge in [-0.3, -0.25) is 14.9 Å². The highest BCUT2D eigenvalue weighted by Crippen LogP contribution is 2.24. The highest BCUT2D eigenvalue weighted by Gasteiger charge is 2.23. The van der Waals surface area contributed by atoms with E-state index in [1.54, 1.807) is 0 Å². The Hall–Kier alpha value is -2.30. The summed E-state index contributed by atoms with van der Waals surface area (Å²) < 4.78 is 5.92. The number of fused-ring (bicyclic) bond motifs is 1. The monoisotopic (exact) mass is 319 g/mol. The molecule has 0 aliphatic carbocycles. The first kappa shape index (κ1) is 15.2. The Labute approximate surface area is 142 Å². The molecule has 4 rings (SSSR count). The molecular formula is C20H21N3O. The molecule has 1 saturated heterocycles. The summed E-state index contributed by atoms with van der Waals surface area (Å²) in [6.07, 6.45) is 3.64. The average molecular weight is 319 g/mol. The van der Waals surface area contributed by atoms with Crippen LogP contribution in [0.25, 0.3) is 10.8 Å². The SMILES string of the molecule is Cc1cnc([C@@H]2CN(Cc3cccc4ccccc34)CCO2)cn1. The number of benzene rings is 2. The molecule has 0 radical (unpaired) electrons. The Balaban J connectivity index is 1.53. The Morgan fingerprint density at radius 2 is 1.96 bits per heavy atom. The molecule has 4 heteroatoms. The van der Waals surface area contributed by atoms with Crippen LogP contribution in [0.4, 0.5) is 0 Å². The molecule has 122 valence electrons. The highest BCUT2D eigenvalue weighted by molar-refractivity contribution is 5.85. The lowest BCUT2D eigenvalue weighted by Crippen LogP contribution is -2.38. The predicted octanol–water partition coefficient (Wildman–Crippen LogP) is 3.51. The second-order valence-electron chi connectivity index (χ2n) is 6.32. The molecule has 1 aliphatic rings. The zero-order valence-electron chi connectivity index (χ0n) is 13.9. The smallest absolute Gasteiger partial charge is 0.114 e. The number of ether oxygens (including phenoxy) is 1. The van der Waals surface area contributed by atoms with E-state index in [-0.39, 0.29) is 6.10 Å². The van der Waals surface area contributed by atoms with Crippen LogP contribution in [0.15, 0.2) is 54.9 Å². The van der Waals surface area contributed by atoms with E-state index >= 15 is 0 Å². The molecule has 2 heterocycles. The predicted molar refractivity (Wildman–Crippen MR) is 94.7 cm³/mol. The lowest BCUT2D eigenvalue weighted by Gasteiger charge is -2.32. The number of morpholine rings is 1. The second-order valence-corrected chi connectivity index (χ2v) is 6.32. The standard InChI is InChI=1S/C20H21N3O/c1-15-11-22-19(12-21-15)20-14-23(9-10-24-20)13-17-7-4-6-16-5-2-3-8-18(16)17/h2-8,11-12,20H,9-10,13-14H2,1H3/t20-/m0/s1. The third kappa shape index (κ3) is 3.16. The van der Waals surface area contributed by atoms with Gasteiger partial charge in [0.25, 0.3) is 0 Å². The van der Waals surface area contributed by atoms with Crippen molar-refractivity contribution in [3.8, 4) is 0 Å². The van der Waals surface area contributed by atoms with Gasteiger partial charge in [0.05, 0.1) is 24.2 Å². The first-order valence-corrected chi connectivity index (χ1v) is 8.39. The summed E-state index contributed by atoms with van der Waals surface area (Å²) in [5, 5.41) is 2.63. The minimum atomic E-state index is 0.00169. The topological polar surface area (TPSA) is 38.2 Å². The van der Waals surface area contributed by atoms with Crippen LogP contribution in [0.1, 0.15) is 23.1 Å². The molecule has 1 atom stereocenters. The molecule has 0 spiro atoms. The maximum absolute atomic E-state index is 5.92. The first-order chi connectivity index (χ1) is 11.8. The zero-order valence-corrected chi connectivity index (χ0v) is 13.9. The van der Waals surface area contributed by atoms with Crippen molar-refractivity contribution in [3.63, 3.8) is 0 Å². The highest BCUT2D eigenvalue weighted by atomic mass is 16.5. The van der Waals surface area contributed by atoms with Crippen LogP contribution in [-0.4, -0.2) is 34.6 Å². The van der Waals surface area contributed by atoms with Crippen molar-refractivity contribution in [1.29, 1.82) is 0 Å². The van der Waals surface area contributed by atoms with Gasteiger partial charge < -0.3 is 4.74 Å². The van der Waals surface area contributed by atoms with Gasteiger partial charge in [0.1, 0.15) is 6.10 Å². The quantitative estimate of drug-likeness (QED) is 0.740. The van der Waals surface area contributed by atoms with Crippen molar-refractivity contribution in [2.75, 3.05) is 19.7 Å². The van der Waals surface area contributed by atoms with Gasteiger partial charge in [0.2, 0.25) is 0 Å². The lowest BCUT2D eigenvalue weighted by molar-refractivity contribution is -0.0350. The third-order valence-corrected chi connectivity index (χ3v) is 4.56. The summed E-state index contributed by atoms with van der Waals surface area (Å²) in [5.41, 5.74) is 3.22. The van der Waals surface area contributed by atoms with Crippen molar-refractivity contribution in [1.82, 2.24) is 14.9 Å². The van der Waals surface area contributed by atoms with Crippen LogP contribution in [0.5, 0.6) is 0 Å². The van der Waals surface area contributed by atoms with Crippen molar-refractivity contribution in [3.05, 3.63) is 71.8 Å². The van der Waals surface area contributed by atoms with E-state index in [0.717, 1.165) is 37.6 Å². The number of hydrogen-bond donors (Lipinski definition) is 0. The number of hydrogen-bond acceptors (Lipinski definition) is 4. The van der Waals surface area contributed by atoms with Crippen molar-refractivity contribution in [2.24, 2.45) is 0 Å². The minimum Gasteiger partial charge on any atom is -0.369 e. The van der Waals surface area contributed by atoms with E-state index in [2.05, 4.69) is 57.3 Å². The molecule has 24 heavy (non-hydrogen) atoms. The van der Waals surface area contributed by atoms with Crippen molar-refractivity contribution in [2.45, 2.75) is 19.6 Å². The normalized spacial score (nSPS) is 18.8. The van der Waals surface area contributed by atoms with Gasteiger partial charge in [-0.15, -0.1) is 0 Å². The van der Waals surface area contributed by atoms with Gasteiger partial charge in [0, 0.05) is 25.8 Å². The maximum atomic E-state index is 5.92. The van der Waals surface area contributed by atoms with E-state index in [4.69, 9.17) is 4.74 Å². The first-order valence-electron chi connectivity index (χ1n) is 8.39. The van der Waals surface area contributed by atoms with Crippen LogP contribution in [0.3, 0.4) is 0 Å². The molecule has 0 saturated carbocycles. The van der Waals surface area contributed by atoms with Crippen LogP contribution >= 0.6 is 0 Å². The van der Waals surface area contributed by atoms with E-state index in [1.165, 1.54) is 16.3 Å². The molecule has 2 aromatic carbocycles. The second kappa shape index (κ2) is 6.67. The minimum absolute atomic E-state index is 0.00169. The lowest BCUT2D eigenvalue weighted by atomic mass is 10.0. The Morgan fingerprint density at radius 1 is 1.08 bits per heavy atom. The Kier molecular flexibility index (Phi) is 4.24. The summed E-state index contributed by atoms with van der Waals surface area (Å²) in [6, 6.07) is 15.1. The summed E-state index contributed by atoms with van der Waals surface area (Å²) in [5.74, 6) is 0. The number of nitrogens with zero attached hydrogens (tertiary/aromatic N) is 3. The average Bonchev–Trinajstić information content (AvgIpc) is 2.63. The molecule has 0 amide bonds. The number of aromatic nitrogens is 2. The Morgan fingerprint density at radius 3 is 2.83 bits per heavy atom. The summed E-state index contributed by atoms with van der Waals surface area (Å²) in [6.45, 7) is 5.40. The van der Waals surface area contributed by atoms with Crippen LogP contribution < -0.4 is 0 Å². The van der Waals surface area contributed by atoms with Gasteiger partial charge in [-0.2, -0.15) is 0 Å². The fraction of sp³-hybridized carbons (Fsp3) is 0.300. The van der Waals surface area contributed by atoms with E-state index in [1.807, 2.05) is 19.3 Å². The number of rotatable bonds is 3. The fourth-order valence-corrected chi connectivity index (χ4v) is 3.27. The fourth-order valence-electron chi connectivity index (χ4n) is 3.27. The van der Waals surface area contributed by atoms with E-state index in [9.17, 15) is 0 Å². The van der Waals surface area contributed by atoms with Crippen molar-refractivity contribution >= 4 is 10.8 Å². The third-order valence-electron chi connectivity index (χ3n) is 4.56. The molecular weight excluding hydrogens is 298 g/mol. The summed E-state index contributed by atoms with van der Waals surface area (Å²) >= 11 is 0. The molecule has 1 aliphatic heterocycles. The van der Waals surface area contributed by atoms with Gasteiger partial charge >= 0.3 is 0 Å². The van der Waals surface area contributed by atoms with Crippen LogP contribution in [0.2, 0.25) is 0 Å². The van der Waals surface area contributed by atoms with Crippen LogP contribution in [-0.2, 0) is 11.3 Å². The van der Waals surface area contributed by atoms with Crippen molar-refractivity contribution < 1.29 is 4.74 Å². The van der Waals surface area contributed by atoms with Gasteiger partial charge in [-0.25, -0.2) is 0 Å². The number of aryl methyl sites for hydroxylation is 1. The van der Waals surface area contributed by atoms with Crippen LogP contribution in [0, 0.1) is 6.92 Å².